The molecule has 1 aliphatic rings. The van der Waals surface area contributed by atoms with Crippen molar-refractivity contribution in [3.05, 3.63) is 42.5 Å². The molecule has 25 heavy (non-hydrogen) atoms. The molecule has 1 N–H and O–H groups in total. The van der Waals surface area contributed by atoms with Crippen molar-refractivity contribution in [1.29, 1.82) is 0 Å². The molecular formula is C18H20N6O. The van der Waals surface area contributed by atoms with Gasteiger partial charge in [-0.3, -0.25) is 4.79 Å². The van der Waals surface area contributed by atoms with Gasteiger partial charge in [0.15, 0.2) is 11.5 Å². The first-order chi connectivity index (χ1) is 12.3. The Balaban J connectivity index is 1.54. The van der Waals surface area contributed by atoms with E-state index in [1.807, 2.05) is 27.7 Å². The molecule has 0 bridgehead atoms. The molecule has 1 aliphatic heterocycles. The highest BCUT2D eigenvalue weighted by molar-refractivity contribution is 5.95. The Morgan fingerprint density at radius 1 is 1.24 bits per heavy atom. The maximum absolute atomic E-state index is 11.9. The number of imidazole rings is 1. The van der Waals surface area contributed by atoms with E-state index < -0.39 is 0 Å². The van der Waals surface area contributed by atoms with Gasteiger partial charge in [-0.1, -0.05) is 12.1 Å². The van der Waals surface area contributed by atoms with E-state index >= 15 is 0 Å². The van der Waals surface area contributed by atoms with Gasteiger partial charge in [0.2, 0.25) is 5.91 Å². The Kier molecular flexibility index (Phi) is 4.05. The highest BCUT2D eigenvalue weighted by atomic mass is 16.2. The molecule has 7 nitrogen and oxygen atoms in total. The number of fused-ring (bicyclic) bond motifs is 1. The number of nitrogens with one attached hydrogen (secondary N) is 1. The van der Waals surface area contributed by atoms with Gasteiger partial charge in [0.25, 0.3) is 0 Å². The molecule has 0 aliphatic carbocycles. The fraction of sp³-hybridized carbons (Fsp3) is 0.333. The van der Waals surface area contributed by atoms with Crippen molar-refractivity contribution >= 4 is 28.6 Å². The first-order valence-corrected chi connectivity index (χ1v) is 8.55. The minimum Gasteiger partial charge on any atom is -0.364 e. The highest BCUT2D eigenvalue weighted by Crippen LogP contribution is 2.23. The van der Waals surface area contributed by atoms with Crippen molar-refractivity contribution in [2.45, 2.75) is 32.9 Å². The largest absolute Gasteiger partial charge is 0.364 e. The van der Waals surface area contributed by atoms with Gasteiger partial charge >= 0.3 is 0 Å². The second kappa shape index (κ2) is 6.51. The average Bonchev–Trinajstić information content (AvgIpc) is 3.26. The molecule has 3 aromatic rings. The minimum absolute atomic E-state index is 0.202. The van der Waals surface area contributed by atoms with E-state index in [0.29, 0.717) is 13.0 Å². The maximum atomic E-state index is 11.9. The minimum atomic E-state index is 0.202. The summed E-state index contributed by atoms with van der Waals surface area (Å²) in [5.41, 5.74) is 3.66. The number of hydrogen-bond donors (Lipinski definition) is 1. The van der Waals surface area contributed by atoms with Crippen LogP contribution in [0.2, 0.25) is 0 Å². The second-order valence-corrected chi connectivity index (χ2v) is 6.10. The summed E-state index contributed by atoms with van der Waals surface area (Å²) in [6, 6.07) is 8.07. The average molecular weight is 336 g/mol. The molecule has 4 rings (SSSR count). The Labute approximate surface area is 145 Å². The van der Waals surface area contributed by atoms with Gasteiger partial charge in [-0.05, 0) is 31.0 Å². The van der Waals surface area contributed by atoms with Gasteiger partial charge in [-0.2, -0.15) is 0 Å². The number of carbonyl (C=O) groups is 1. The summed E-state index contributed by atoms with van der Waals surface area (Å²) in [6.07, 6.45) is 4.91. The van der Waals surface area contributed by atoms with Crippen LogP contribution in [0.5, 0.6) is 0 Å². The SMILES string of the molecule is CCn1cnc2c(NCc3cccc(N4CCCC4=O)c3)ncnc21. The Morgan fingerprint density at radius 2 is 2.16 bits per heavy atom. The summed E-state index contributed by atoms with van der Waals surface area (Å²) >= 11 is 0. The Bertz CT molecular complexity index is 919. The molecule has 1 amide bonds. The van der Waals surface area contributed by atoms with Crippen molar-refractivity contribution < 1.29 is 4.79 Å². The standard InChI is InChI=1S/C18H20N6O/c1-2-23-12-22-16-17(20-11-21-18(16)23)19-10-13-5-3-6-14(9-13)24-8-4-7-15(24)25/h3,5-6,9,11-12H,2,4,7-8,10H2,1H3,(H,19,20,21). The monoisotopic (exact) mass is 336 g/mol. The van der Waals surface area contributed by atoms with E-state index in [9.17, 15) is 4.79 Å². The number of aryl methyl sites for hydroxylation is 1. The zero-order chi connectivity index (χ0) is 17.2. The number of amides is 1. The first kappa shape index (κ1) is 15.6. The lowest BCUT2D eigenvalue weighted by Gasteiger charge is -2.16. The van der Waals surface area contributed by atoms with Crippen molar-refractivity contribution in [3.63, 3.8) is 0 Å². The van der Waals surface area contributed by atoms with Gasteiger partial charge in [-0.15, -0.1) is 0 Å². The van der Waals surface area contributed by atoms with Crippen LogP contribution in [0.15, 0.2) is 36.9 Å². The van der Waals surface area contributed by atoms with Crippen LogP contribution in [0.4, 0.5) is 11.5 Å². The number of anilines is 2. The summed E-state index contributed by atoms with van der Waals surface area (Å²) in [7, 11) is 0. The fourth-order valence-electron chi connectivity index (χ4n) is 3.18. The molecule has 1 aromatic carbocycles. The molecule has 7 heteroatoms. The molecule has 0 atom stereocenters. The lowest BCUT2D eigenvalue weighted by atomic mass is 10.2. The smallest absolute Gasteiger partial charge is 0.227 e. The number of aromatic nitrogens is 4. The van der Waals surface area contributed by atoms with E-state index in [2.05, 4.69) is 33.3 Å². The van der Waals surface area contributed by atoms with Gasteiger partial charge < -0.3 is 14.8 Å². The molecular weight excluding hydrogens is 316 g/mol. The van der Waals surface area contributed by atoms with E-state index in [1.165, 1.54) is 0 Å². The molecule has 1 saturated heterocycles. The quantitative estimate of drug-likeness (QED) is 0.775. The number of nitrogens with zero attached hydrogens (tertiary/aromatic N) is 5. The third kappa shape index (κ3) is 2.93. The summed E-state index contributed by atoms with van der Waals surface area (Å²) in [4.78, 5) is 26.8. The summed E-state index contributed by atoms with van der Waals surface area (Å²) < 4.78 is 1.99. The van der Waals surface area contributed by atoms with Crippen molar-refractivity contribution in [2.75, 3.05) is 16.8 Å². The van der Waals surface area contributed by atoms with E-state index in [1.54, 1.807) is 12.7 Å². The van der Waals surface area contributed by atoms with Crippen LogP contribution in [0.25, 0.3) is 11.2 Å². The molecule has 0 unspecified atom stereocenters. The number of carbonyl (C=O) groups excluding carboxylic acids is 1. The number of benzene rings is 1. The van der Waals surface area contributed by atoms with Crippen LogP contribution in [-0.4, -0.2) is 32.0 Å². The van der Waals surface area contributed by atoms with Crippen LogP contribution in [0.3, 0.4) is 0 Å². The third-order valence-corrected chi connectivity index (χ3v) is 4.50. The van der Waals surface area contributed by atoms with Crippen LogP contribution in [-0.2, 0) is 17.9 Å². The summed E-state index contributed by atoms with van der Waals surface area (Å²) in [5.74, 6) is 0.924. The van der Waals surface area contributed by atoms with E-state index in [0.717, 1.165) is 47.7 Å². The zero-order valence-corrected chi connectivity index (χ0v) is 14.1. The molecule has 128 valence electrons. The Morgan fingerprint density at radius 3 is 2.96 bits per heavy atom. The van der Waals surface area contributed by atoms with Gasteiger partial charge in [0, 0.05) is 31.7 Å². The van der Waals surface area contributed by atoms with Crippen molar-refractivity contribution in [1.82, 2.24) is 19.5 Å². The van der Waals surface area contributed by atoms with Gasteiger partial charge in [0.05, 0.1) is 6.33 Å². The second-order valence-electron chi connectivity index (χ2n) is 6.10. The molecule has 0 radical (unpaired) electrons. The van der Waals surface area contributed by atoms with Crippen LogP contribution in [0.1, 0.15) is 25.3 Å². The zero-order valence-electron chi connectivity index (χ0n) is 14.1. The highest BCUT2D eigenvalue weighted by Gasteiger charge is 2.21. The van der Waals surface area contributed by atoms with Crippen LogP contribution < -0.4 is 10.2 Å². The predicted molar refractivity (Wildman–Crippen MR) is 96.4 cm³/mol. The van der Waals surface area contributed by atoms with Gasteiger partial charge in [-0.25, -0.2) is 15.0 Å². The maximum Gasteiger partial charge on any atom is 0.227 e. The van der Waals surface area contributed by atoms with Gasteiger partial charge in [0.1, 0.15) is 11.8 Å². The summed E-state index contributed by atoms with van der Waals surface area (Å²) in [6.45, 7) is 4.29. The molecule has 3 heterocycles. The summed E-state index contributed by atoms with van der Waals surface area (Å²) in [5, 5.41) is 3.34. The predicted octanol–water partition coefficient (Wildman–Crippen LogP) is 2.59. The number of rotatable bonds is 5. The normalized spacial score (nSPS) is 14.4. The van der Waals surface area contributed by atoms with Crippen LogP contribution >= 0.6 is 0 Å². The molecule has 1 fully saturated rings. The lowest BCUT2D eigenvalue weighted by molar-refractivity contribution is -0.117. The van der Waals surface area contributed by atoms with Crippen LogP contribution in [0, 0.1) is 0 Å². The first-order valence-electron chi connectivity index (χ1n) is 8.55. The lowest BCUT2D eigenvalue weighted by Crippen LogP contribution is -2.23. The molecule has 0 saturated carbocycles. The molecule has 2 aromatic heterocycles. The van der Waals surface area contributed by atoms with E-state index in [4.69, 9.17) is 0 Å². The molecule has 0 spiro atoms. The van der Waals surface area contributed by atoms with Crippen molar-refractivity contribution in [3.8, 4) is 0 Å². The Hall–Kier alpha value is -2.96. The fourth-order valence-corrected chi connectivity index (χ4v) is 3.18. The number of hydrogen-bond acceptors (Lipinski definition) is 5. The topological polar surface area (TPSA) is 75.9 Å². The van der Waals surface area contributed by atoms with E-state index in [-0.39, 0.29) is 5.91 Å². The van der Waals surface area contributed by atoms with Crippen molar-refractivity contribution in [2.24, 2.45) is 0 Å². The third-order valence-electron chi connectivity index (χ3n) is 4.50.